The van der Waals surface area contributed by atoms with Crippen LogP contribution in [-0.4, -0.2) is 4.98 Å². The lowest BCUT2D eigenvalue weighted by atomic mass is 10.1. The van der Waals surface area contributed by atoms with Crippen molar-refractivity contribution in [1.29, 1.82) is 0 Å². The van der Waals surface area contributed by atoms with E-state index in [9.17, 15) is 8.78 Å². The Labute approximate surface area is 89.4 Å². The normalized spacial score (nSPS) is 10.5. The number of nitrogen functional groups attached to an aromatic ring is 1. The topological polar surface area (TPSA) is 38.9 Å². The highest BCUT2D eigenvalue weighted by atomic mass is 32.1. The summed E-state index contributed by atoms with van der Waals surface area (Å²) in [4.78, 5) is 4.02. The third kappa shape index (κ3) is 2.50. The van der Waals surface area contributed by atoms with Crippen LogP contribution < -0.4 is 5.73 Å². The summed E-state index contributed by atoms with van der Waals surface area (Å²) in [6.45, 7) is 0. The van der Waals surface area contributed by atoms with Gasteiger partial charge in [0.25, 0.3) is 0 Å². The summed E-state index contributed by atoms with van der Waals surface area (Å²) in [5, 5.41) is 1.35. The summed E-state index contributed by atoms with van der Waals surface area (Å²) >= 11 is 1.32. The molecule has 5 heteroatoms. The van der Waals surface area contributed by atoms with Crippen LogP contribution in [0.4, 0.5) is 13.8 Å². The lowest BCUT2D eigenvalue weighted by Crippen LogP contribution is -1.90. The summed E-state index contributed by atoms with van der Waals surface area (Å²) in [6.07, 6.45) is 1.94. The van der Waals surface area contributed by atoms with Crippen molar-refractivity contribution in [1.82, 2.24) is 4.98 Å². The van der Waals surface area contributed by atoms with Crippen molar-refractivity contribution in [3.63, 3.8) is 0 Å². The molecule has 0 aliphatic carbocycles. The zero-order chi connectivity index (χ0) is 10.8. The molecule has 0 unspecified atom stereocenters. The van der Waals surface area contributed by atoms with Crippen LogP contribution in [0, 0.1) is 11.6 Å². The Morgan fingerprint density at radius 2 is 1.87 bits per heavy atom. The van der Waals surface area contributed by atoms with Gasteiger partial charge in [-0.2, -0.15) is 0 Å². The molecule has 0 amide bonds. The van der Waals surface area contributed by atoms with Crippen molar-refractivity contribution < 1.29 is 8.78 Å². The number of nitrogens with two attached hydrogens (primary N) is 1. The molecule has 2 rings (SSSR count). The van der Waals surface area contributed by atoms with Crippen LogP contribution in [0.2, 0.25) is 0 Å². The monoisotopic (exact) mass is 226 g/mol. The maximum Gasteiger partial charge on any atom is 0.126 e. The molecule has 0 spiro atoms. The molecule has 0 aliphatic heterocycles. The van der Waals surface area contributed by atoms with Crippen molar-refractivity contribution in [2.24, 2.45) is 0 Å². The third-order valence-corrected chi connectivity index (χ3v) is 2.68. The minimum absolute atomic E-state index is 0.399. The molecule has 78 valence electrons. The van der Waals surface area contributed by atoms with E-state index in [1.54, 1.807) is 0 Å². The molecule has 2 N–H and O–H groups in total. The van der Waals surface area contributed by atoms with Crippen molar-refractivity contribution >= 4 is 16.3 Å². The van der Waals surface area contributed by atoms with E-state index in [0.717, 1.165) is 11.1 Å². The van der Waals surface area contributed by atoms with Crippen molar-refractivity contribution in [3.05, 3.63) is 46.6 Å². The predicted molar refractivity (Wildman–Crippen MR) is 55.7 cm³/mol. The van der Waals surface area contributed by atoms with Gasteiger partial charge in [-0.15, -0.1) is 11.3 Å². The Morgan fingerprint density at radius 3 is 2.40 bits per heavy atom. The lowest BCUT2D eigenvalue weighted by molar-refractivity contribution is 0.580. The number of thiazole rings is 1. The maximum absolute atomic E-state index is 12.9. The highest BCUT2D eigenvalue weighted by molar-refractivity contribution is 7.15. The smallest absolute Gasteiger partial charge is 0.126 e. The van der Waals surface area contributed by atoms with E-state index in [-0.39, 0.29) is 0 Å². The van der Waals surface area contributed by atoms with E-state index in [1.165, 1.54) is 29.7 Å². The second kappa shape index (κ2) is 3.94. The summed E-state index contributed by atoms with van der Waals surface area (Å²) in [5.41, 5.74) is 6.06. The Balaban J connectivity index is 2.24. The van der Waals surface area contributed by atoms with Crippen LogP contribution in [0.1, 0.15) is 10.6 Å². The van der Waals surface area contributed by atoms with Gasteiger partial charge in [0, 0.05) is 12.5 Å². The van der Waals surface area contributed by atoms with Crippen molar-refractivity contribution in [2.75, 3.05) is 5.73 Å². The molecular formula is C10H8F2N2S. The fraction of sp³-hybridized carbons (Fsp3) is 0.100. The molecule has 0 saturated carbocycles. The van der Waals surface area contributed by atoms with Crippen LogP contribution in [0.15, 0.2) is 24.4 Å². The number of anilines is 1. The van der Waals surface area contributed by atoms with Crippen LogP contribution in [-0.2, 0) is 6.42 Å². The first-order valence-electron chi connectivity index (χ1n) is 4.28. The Kier molecular flexibility index (Phi) is 2.64. The lowest BCUT2D eigenvalue weighted by Gasteiger charge is -1.98. The summed E-state index contributed by atoms with van der Waals surface area (Å²) in [5.74, 6) is -1.15. The molecule has 0 fully saturated rings. The highest BCUT2D eigenvalue weighted by Crippen LogP contribution is 2.19. The molecular weight excluding hydrogens is 218 g/mol. The van der Waals surface area contributed by atoms with Gasteiger partial charge in [0.1, 0.15) is 16.6 Å². The molecule has 2 nitrogen and oxygen atoms in total. The van der Waals surface area contributed by atoms with Crippen molar-refractivity contribution in [3.8, 4) is 0 Å². The largest absolute Gasteiger partial charge is 0.389 e. The van der Waals surface area contributed by atoms with Gasteiger partial charge in [-0.1, -0.05) is 0 Å². The average Bonchev–Trinajstić information content (AvgIpc) is 2.49. The summed E-state index contributed by atoms with van der Waals surface area (Å²) in [7, 11) is 0. The maximum atomic E-state index is 12.9. The zero-order valence-corrected chi connectivity index (χ0v) is 8.52. The van der Waals surface area contributed by atoms with E-state index in [0.29, 0.717) is 17.0 Å². The Hall–Kier alpha value is -1.49. The fourth-order valence-corrected chi connectivity index (χ4v) is 2.02. The molecule has 1 aromatic carbocycles. The van der Waals surface area contributed by atoms with Gasteiger partial charge < -0.3 is 5.73 Å². The van der Waals surface area contributed by atoms with E-state index >= 15 is 0 Å². The predicted octanol–water partition coefficient (Wildman–Crippen LogP) is 2.59. The first-order valence-corrected chi connectivity index (χ1v) is 5.10. The molecule has 1 heterocycles. The number of hydrogen-bond acceptors (Lipinski definition) is 3. The van der Waals surface area contributed by atoms with Gasteiger partial charge in [0.15, 0.2) is 0 Å². The van der Waals surface area contributed by atoms with Gasteiger partial charge in [0.2, 0.25) is 0 Å². The first-order chi connectivity index (χ1) is 7.13. The number of benzene rings is 1. The van der Waals surface area contributed by atoms with Gasteiger partial charge in [-0.25, -0.2) is 13.8 Å². The number of nitrogens with zero attached hydrogens (tertiary/aromatic N) is 1. The second-order valence-electron chi connectivity index (χ2n) is 3.11. The number of aromatic nitrogens is 1. The first kappa shape index (κ1) is 10.0. The average molecular weight is 226 g/mol. The van der Waals surface area contributed by atoms with Crippen LogP contribution >= 0.6 is 11.3 Å². The molecule has 1 aromatic heterocycles. The second-order valence-corrected chi connectivity index (χ2v) is 4.26. The Morgan fingerprint density at radius 1 is 1.20 bits per heavy atom. The third-order valence-electron chi connectivity index (χ3n) is 1.85. The molecule has 2 aromatic rings. The van der Waals surface area contributed by atoms with E-state index in [2.05, 4.69) is 4.98 Å². The van der Waals surface area contributed by atoms with Crippen molar-refractivity contribution in [2.45, 2.75) is 6.42 Å². The van der Waals surface area contributed by atoms with Gasteiger partial charge in [0.05, 0.1) is 11.2 Å². The minimum atomic E-state index is -0.575. The minimum Gasteiger partial charge on any atom is -0.389 e. The molecule has 0 saturated heterocycles. The quantitative estimate of drug-likeness (QED) is 0.854. The van der Waals surface area contributed by atoms with Gasteiger partial charge in [-0.05, 0) is 17.7 Å². The van der Waals surface area contributed by atoms with Crippen LogP contribution in [0.3, 0.4) is 0 Å². The zero-order valence-electron chi connectivity index (χ0n) is 7.71. The molecule has 0 aliphatic rings. The van der Waals surface area contributed by atoms with Crippen LogP contribution in [0.5, 0.6) is 0 Å². The van der Waals surface area contributed by atoms with Gasteiger partial charge >= 0.3 is 0 Å². The van der Waals surface area contributed by atoms with E-state index in [1.807, 2.05) is 0 Å². The molecule has 0 atom stereocenters. The SMILES string of the molecule is Nc1cnc(Cc2cc(F)cc(F)c2)s1. The number of hydrogen-bond donors (Lipinski definition) is 1. The summed E-state index contributed by atoms with van der Waals surface area (Å²) < 4.78 is 25.7. The van der Waals surface area contributed by atoms with E-state index < -0.39 is 11.6 Å². The van der Waals surface area contributed by atoms with E-state index in [4.69, 9.17) is 5.73 Å². The fourth-order valence-electron chi connectivity index (χ4n) is 1.29. The van der Waals surface area contributed by atoms with Crippen LogP contribution in [0.25, 0.3) is 0 Å². The Bertz CT molecular complexity index is 462. The van der Waals surface area contributed by atoms with Gasteiger partial charge in [-0.3, -0.25) is 0 Å². The highest BCUT2D eigenvalue weighted by Gasteiger charge is 2.04. The summed E-state index contributed by atoms with van der Waals surface area (Å²) in [6, 6.07) is 3.43. The molecule has 0 bridgehead atoms. The molecule has 0 radical (unpaired) electrons. The standard InChI is InChI=1S/C10H8F2N2S/c11-7-1-6(2-8(12)4-7)3-10-14-5-9(13)15-10/h1-2,4-5H,3,13H2. The molecule has 15 heavy (non-hydrogen) atoms. The number of halogens is 2. The number of rotatable bonds is 2.